The van der Waals surface area contributed by atoms with Crippen LogP contribution in [0, 0.1) is 6.92 Å². The van der Waals surface area contributed by atoms with Crippen molar-refractivity contribution >= 4 is 5.91 Å². The molecule has 8 heteroatoms. The first-order chi connectivity index (χ1) is 12.5. The normalized spacial score (nSPS) is 18.3. The highest BCUT2D eigenvalue weighted by atomic mass is 16.5. The molecule has 1 fully saturated rings. The van der Waals surface area contributed by atoms with E-state index in [2.05, 4.69) is 27.2 Å². The van der Waals surface area contributed by atoms with Crippen molar-refractivity contribution in [3.63, 3.8) is 0 Å². The molecule has 0 aromatic carbocycles. The average molecular weight is 360 g/mol. The van der Waals surface area contributed by atoms with Gasteiger partial charge in [-0.2, -0.15) is 10.1 Å². The predicted octanol–water partition coefficient (Wildman–Crippen LogP) is 1.80. The molecular formula is C18H28N6O2. The van der Waals surface area contributed by atoms with Gasteiger partial charge in [-0.25, -0.2) is 0 Å². The molecule has 1 saturated heterocycles. The standard InChI is InChI=1S/C18H28N6O2/c1-5-16-15(11-23(4)20-16)18(25)24-9-6-7-14(8-10-24)22(3)12-17-19-13(2)26-21-17/h11,14H,5-10,12H2,1-4H3. The Morgan fingerprint density at radius 3 is 2.88 bits per heavy atom. The molecular weight excluding hydrogens is 332 g/mol. The number of amides is 1. The quantitative estimate of drug-likeness (QED) is 0.809. The zero-order chi connectivity index (χ0) is 18.7. The van der Waals surface area contributed by atoms with Gasteiger partial charge in [0.1, 0.15) is 0 Å². The highest BCUT2D eigenvalue weighted by molar-refractivity contribution is 5.95. The minimum absolute atomic E-state index is 0.104. The van der Waals surface area contributed by atoms with Crippen molar-refractivity contribution in [2.45, 2.75) is 52.1 Å². The molecule has 0 N–H and O–H groups in total. The smallest absolute Gasteiger partial charge is 0.257 e. The Bertz CT molecular complexity index is 753. The van der Waals surface area contributed by atoms with E-state index in [0.717, 1.165) is 50.0 Å². The second-order valence-corrected chi connectivity index (χ2v) is 7.04. The monoisotopic (exact) mass is 360 g/mol. The summed E-state index contributed by atoms with van der Waals surface area (Å²) in [6.07, 6.45) is 5.61. The van der Waals surface area contributed by atoms with E-state index in [4.69, 9.17) is 4.52 Å². The third kappa shape index (κ3) is 4.12. The molecule has 1 amide bonds. The maximum absolute atomic E-state index is 12.9. The maximum Gasteiger partial charge on any atom is 0.257 e. The summed E-state index contributed by atoms with van der Waals surface area (Å²) in [5, 5.41) is 8.38. The molecule has 1 unspecified atom stereocenters. The molecule has 8 nitrogen and oxygen atoms in total. The van der Waals surface area contributed by atoms with E-state index in [-0.39, 0.29) is 5.91 Å². The molecule has 0 bridgehead atoms. The third-order valence-corrected chi connectivity index (χ3v) is 5.04. The van der Waals surface area contributed by atoms with Crippen LogP contribution in [0.25, 0.3) is 0 Å². The topological polar surface area (TPSA) is 80.3 Å². The molecule has 0 spiro atoms. The molecule has 3 rings (SSSR count). The fourth-order valence-corrected chi connectivity index (χ4v) is 3.62. The molecule has 1 aliphatic heterocycles. The van der Waals surface area contributed by atoms with Gasteiger partial charge in [-0.05, 0) is 32.7 Å². The summed E-state index contributed by atoms with van der Waals surface area (Å²) >= 11 is 0. The molecule has 2 aromatic rings. The lowest BCUT2D eigenvalue weighted by Gasteiger charge is -2.26. The van der Waals surface area contributed by atoms with Gasteiger partial charge in [0, 0.05) is 39.3 Å². The van der Waals surface area contributed by atoms with Gasteiger partial charge in [0.15, 0.2) is 5.82 Å². The number of likely N-dealkylation sites (tertiary alicyclic amines) is 1. The molecule has 0 aliphatic carbocycles. The van der Waals surface area contributed by atoms with Gasteiger partial charge in [0.05, 0.1) is 17.8 Å². The van der Waals surface area contributed by atoms with Crippen LogP contribution in [0.15, 0.2) is 10.7 Å². The van der Waals surface area contributed by atoms with Gasteiger partial charge in [0.25, 0.3) is 5.91 Å². The van der Waals surface area contributed by atoms with Crippen LogP contribution in [0.4, 0.5) is 0 Å². The van der Waals surface area contributed by atoms with E-state index in [1.54, 1.807) is 11.6 Å². The zero-order valence-corrected chi connectivity index (χ0v) is 16.1. The summed E-state index contributed by atoms with van der Waals surface area (Å²) in [5.41, 5.74) is 1.62. The molecule has 142 valence electrons. The lowest BCUT2D eigenvalue weighted by Crippen LogP contribution is -2.35. The number of carbonyl (C=O) groups excluding carboxylic acids is 1. The van der Waals surface area contributed by atoms with E-state index in [1.807, 2.05) is 25.1 Å². The zero-order valence-electron chi connectivity index (χ0n) is 16.1. The second kappa shape index (κ2) is 7.99. The van der Waals surface area contributed by atoms with Crippen molar-refractivity contribution in [3.8, 4) is 0 Å². The summed E-state index contributed by atoms with van der Waals surface area (Å²) in [5.74, 6) is 1.41. The Labute approximate surface area is 154 Å². The Kier molecular flexibility index (Phi) is 5.70. The number of carbonyl (C=O) groups is 1. The summed E-state index contributed by atoms with van der Waals surface area (Å²) in [6, 6.07) is 0.408. The van der Waals surface area contributed by atoms with Crippen LogP contribution in [0.1, 0.15) is 54.0 Å². The van der Waals surface area contributed by atoms with Gasteiger partial charge < -0.3 is 9.42 Å². The van der Waals surface area contributed by atoms with Crippen LogP contribution in [0.5, 0.6) is 0 Å². The lowest BCUT2D eigenvalue weighted by molar-refractivity contribution is 0.0756. The summed E-state index contributed by atoms with van der Waals surface area (Å²) in [7, 11) is 3.95. The molecule has 0 radical (unpaired) electrons. The Hall–Kier alpha value is -2.22. The number of hydrogen-bond donors (Lipinski definition) is 0. The minimum atomic E-state index is 0.104. The lowest BCUT2D eigenvalue weighted by atomic mass is 10.1. The second-order valence-electron chi connectivity index (χ2n) is 7.04. The molecule has 26 heavy (non-hydrogen) atoms. The highest BCUT2D eigenvalue weighted by Gasteiger charge is 2.26. The molecule has 0 saturated carbocycles. The predicted molar refractivity (Wildman–Crippen MR) is 96.6 cm³/mol. The summed E-state index contributed by atoms with van der Waals surface area (Å²) in [4.78, 5) is 21.5. The first kappa shape index (κ1) is 18.6. The third-order valence-electron chi connectivity index (χ3n) is 5.04. The molecule has 1 atom stereocenters. The maximum atomic E-state index is 12.9. The number of aromatic nitrogens is 4. The van der Waals surface area contributed by atoms with Crippen molar-refractivity contribution < 1.29 is 9.32 Å². The molecule has 2 aromatic heterocycles. The molecule has 3 heterocycles. The van der Waals surface area contributed by atoms with Gasteiger partial charge in [-0.3, -0.25) is 14.4 Å². The first-order valence-corrected chi connectivity index (χ1v) is 9.29. The largest absolute Gasteiger partial charge is 0.340 e. The Morgan fingerprint density at radius 1 is 1.38 bits per heavy atom. The minimum Gasteiger partial charge on any atom is -0.340 e. The number of rotatable bonds is 5. The van der Waals surface area contributed by atoms with Crippen molar-refractivity contribution in [2.75, 3.05) is 20.1 Å². The van der Waals surface area contributed by atoms with Crippen molar-refractivity contribution in [3.05, 3.63) is 29.2 Å². The number of aryl methyl sites for hydroxylation is 3. The van der Waals surface area contributed by atoms with Crippen LogP contribution < -0.4 is 0 Å². The average Bonchev–Trinajstić information content (AvgIpc) is 3.10. The van der Waals surface area contributed by atoms with Gasteiger partial charge in [0.2, 0.25) is 5.89 Å². The van der Waals surface area contributed by atoms with Crippen LogP contribution in [-0.2, 0) is 20.0 Å². The molecule has 1 aliphatic rings. The van der Waals surface area contributed by atoms with E-state index < -0.39 is 0 Å². The van der Waals surface area contributed by atoms with Crippen LogP contribution >= 0.6 is 0 Å². The van der Waals surface area contributed by atoms with Crippen LogP contribution in [-0.4, -0.2) is 61.8 Å². The number of hydrogen-bond acceptors (Lipinski definition) is 6. The highest BCUT2D eigenvalue weighted by Crippen LogP contribution is 2.20. The van der Waals surface area contributed by atoms with Gasteiger partial charge in [-0.1, -0.05) is 12.1 Å². The summed E-state index contributed by atoms with van der Waals surface area (Å²) < 4.78 is 6.78. The Morgan fingerprint density at radius 2 is 2.19 bits per heavy atom. The van der Waals surface area contributed by atoms with Crippen molar-refractivity contribution in [1.29, 1.82) is 0 Å². The van der Waals surface area contributed by atoms with Crippen LogP contribution in [0.3, 0.4) is 0 Å². The summed E-state index contributed by atoms with van der Waals surface area (Å²) in [6.45, 7) is 6.05. The fourth-order valence-electron chi connectivity index (χ4n) is 3.62. The van der Waals surface area contributed by atoms with Crippen molar-refractivity contribution in [1.82, 2.24) is 29.7 Å². The van der Waals surface area contributed by atoms with Gasteiger partial charge in [-0.15, -0.1) is 0 Å². The Balaban J connectivity index is 1.61. The van der Waals surface area contributed by atoms with E-state index in [1.165, 1.54) is 0 Å². The van der Waals surface area contributed by atoms with E-state index in [9.17, 15) is 4.79 Å². The van der Waals surface area contributed by atoms with E-state index >= 15 is 0 Å². The fraction of sp³-hybridized carbons (Fsp3) is 0.667. The van der Waals surface area contributed by atoms with Crippen molar-refractivity contribution in [2.24, 2.45) is 7.05 Å². The first-order valence-electron chi connectivity index (χ1n) is 9.29. The van der Waals surface area contributed by atoms with Crippen LogP contribution in [0.2, 0.25) is 0 Å². The SMILES string of the molecule is CCc1nn(C)cc1C(=O)N1CCCC(N(C)Cc2noc(C)n2)CC1. The number of nitrogens with zero attached hydrogens (tertiary/aromatic N) is 6. The van der Waals surface area contributed by atoms with E-state index in [0.29, 0.717) is 24.3 Å². The van der Waals surface area contributed by atoms with Gasteiger partial charge >= 0.3 is 0 Å².